The zero-order valence-corrected chi connectivity index (χ0v) is 19.9. The van der Waals surface area contributed by atoms with Crippen LogP contribution in [-0.2, 0) is 9.59 Å². The fraction of sp³-hybridized carbons (Fsp3) is 0.308. The monoisotopic (exact) mass is 460 g/mol. The molecule has 8 heteroatoms. The van der Waals surface area contributed by atoms with Gasteiger partial charge < -0.3 is 15.5 Å². The summed E-state index contributed by atoms with van der Waals surface area (Å²) in [6.45, 7) is 9.53. The van der Waals surface area contributed by atoms with E-state index in [0.717, 1.165) is 22.5 Å². The van der Waals surface area contributed by atoms with Gasteiger partial charge in [0.1, 0.15) is 11.3 Å². The molecular formula is C26H28N4O4. The molecule has 3 N–H and O–H groups in total. The Balaban J connectivity index is 1.82. The van der Waals surface area contributed by atoms with Gasteiger partial charge in [-0.05, 0) is 49.4 Å². The number of nitrogens with zero attached hydrogens (tertiary/aromatic N) is 3. The summed E-state index contributed by atoms with van der Waals surface area (Å²) in [6.07, 6.45) is 3.83. The highest BCUT2D eigenvalue weighted by atomic mass is 16.4. The Hall–Kier alpha value is -3.94. The maximum Gasteiger partial charge on any atom is 0.334 e. The van der Waals surface area contributed by atoms with Crippen LogP contribution in [0.2, 0.25) is 0 Å². The number of pyridine rings is 1. The molecule has 0 radical (unpaired) electrons. The molecular weight excluding hydrogens is 432 g/mol. The summed E-state index contributed by atoms with van der Waals surface area (Å²) in [5.41, 5.74) is 4.05. The van der Waals surface area contributed by atoms with Gasteiger partial charge in [-0.2, -0.15) is 0 Å². The number of aliphatic carboxylic acids is 2. The van der Waals surface area contributed by atoms with Crippen LogP contribution in [0.15, 0.2) is 59.6 Å². The molecule has 0 saturated carbocycles. The van der Waals surface area contributed by atoms with E-state index in [1.165, 1.54) is 0 Å². The predicted octanol–water partition coefficient (Wildman–Crippen LogP) is 4.54. The summed E-state index contributed by atoms with van der Waals surface area (Å²) in [5.74, 6) is -2.16. The summed E-state index contributed by atoms with van der Waals surface area (Å²) < 4.78 is 2.01. The Morgan fingerprint density at radius 1 is 1.03 bits per heavy atom. The minimum atomic E-state index is -1.13. The summed E-state index contributed by atoms with van der Waals surface area (Å²) in [7, 11) is 0. The van der Waals surface area contributed by atoms with Gasteiger partial charge >= 0.3 is 11.9 Å². The average molecular weight is 461 g/mol. The van der Waals surface area contributed by atoms with Crippen LogP contribution in [0.3, 0.4) is 0 Å². The van der Waals surface area contributed by atoms with E-state index in [4.69, 9.17) is 0 Å². The van der Waals surface area contributed by atoms with Crippen molar-refractivity contribution >= 4 is 28.7 Å². The van der Waals surface area contributed by atoms with Crippen LogP contribution >= 0.6 is 0 Å². The fourth-order valence-corrected chi connectivity index (χ4v) is 4.67. The van der Waals surface area contributed by atoms with Gasteiger partial charge in [0.05, 0.1) is 28.6 Å². The first-order valence-electron chi connectivity index (χ1n) is 11.1. The van der Waals surface area contributed by atoms with E-state index in [1.807, 2.05) is 62.6 Å². The molecule has 3 aromatic rings. The number of fused-ring (bicyclic) bond motifs is 1. The number of benzene rings is 1. The van der Waals surface area contributed by atoms with Gasteiger partial charge in [-0.3, -0.25) is 9.55 Å². The molecule has 1 aliphatic rings. The van der Waals surface area contributed by atoms with Crippen LogP contribution in [0, 0.1) is 18.3 Å². The minimum absolute atomic E-state index is 0.0704. The molecule has 1 atom stereocenters. The number of nitrogens with one attached hydrogen (secondary N) is 1. The standard InChI is InChI=1S/C26H28N4O4/c1-14-21(24(31)32)18(12-26(3,4)5)22(25(33)34)23(28-14)16-6-8-17(9-7-16)30-15(2)29-19-13-27-11-10-20(19)30/h6-11,13,18,28H,12H2,1-5H3,(H,31,32)(H,33,34). The number of imidazole rings is 1. The largest absolute Gasteiger partial charge is 0.478 e. The second kappa shape index (κ2) is 8.44. The second-order valence-corrected chi connectivity index (χ2v) is 9.79. The summed E-state index contributed by atoms with van der Waals surface area (Å²) in [6, 6.07) is 9.40. The first kappa shape index (κ1) is 23.2. The van der Waals surface area contributed by atoms with Gasteiger partial charge in [0.15, 0.2) is 0 Å². The van der Waals surface area contributed by atoms with Crippen LogP contribution in [0.5, 0.6) is 0 Å². The number of dihydropyridines is 1. The SMILES string of the molecule is CC1=C(C(=O)O)C(CC(C)(C)C)C(C(=O)O)=C(c2ccc(-n3c(C)nc4cnccc43)cc2)N1. The Morgan fingerprint density at radius 2 is 1.68 bits per heavy atom. The molecule has 8 nitrogen and oxygen atoms in total. The van der Waals surface area contributed by atoms with Crippen LogP contribution in [0.25, 0.3) is 22.4 Å². The molecule has 0 amide bonds. The minimum Gasteiger partial charge on any atom is -0.478 e. The first-order chi connectivity index (χ1) is 16.0. The van der Waals surface area contributed by atoms with Crippen LogP contribution in [0.4, 0.5) is 0 Å². The first-order valence-corrected chi connectivity index (χ1v) is 11.1. The lowest BCUT2D eigenvalue weighted by Crippen LogP contribution is -2.34. The number of allylic oxidation sites excluding steroid dienone is 1. The highest BCUT2D eigenvalue weighted by Crippen LogP contribution is 2.41. The van der Waals surface area contributed by atoms with Gasteiger partial charge in [-0.1, -0.05) is 32.9 Å². The third kappa shape index (κ3) is 4.19. The molecule has 1 unspecified atom stereocenters. The molecule has 1 aliphatic heterocycles. The Bertz CT molecular complexity index is 1360. The number of hydrogen-bond acceptors (Lipinski definition) is 5. The zero-order valence-electron chi connectivity index (χ0n) is 19.9. The molecule has 3 heterocycles. The van der Waals surface area contributed by atoms with Gasteiger partial charge in [0, 0.05) is 23.5 Å². The van der Waals surface area contributed by atoms with Crippen molar-refractivity contribution in [3.63, 3.8) is 0 Å². The highest BCUT2D eigenvalue weighted by Gasteiger charge is 2.38. The van der Waals surface area contributed by atoms with Crippen molar-refractivity contribution in [2.75, 3.05) is 0 Å². The molecule has 0 spiro atoms. The summed E-state index contributed by atoms with van der Waals surface area (Å²) in [5, 5.41) is 23.1. The van der Waals surface area contributed by atoms with E-state index < -0.39 is 17.9 Å². The number of aryl methyl sites for hydroxylation is 1. The number of carboxylic acids is 2. The van der Waals surface area contributed by atoms with Crippen molar-refractivity contribution in [2.24, 2.45) is 11.3 Å². The van der Waals surface area contributed by atoms with Crippen molar-refractivity contribution in [1.29, 1.82) is 0 Å². The predicted molar refractivity (Wildman–Crippen MR) is 129 cm³/mol. The molecule has 34 heavy (non-hydrogen) atoms. The second-order valence-electron chi connectivity index (χ2n) is 9.79. The van der Waals surface area contributed by atoms with E-state index in [0.29, 0.717) is 23.4 Å². The van der Waals surface area contributed by atoms with Crippen LogP contribution < -0.4 is 5.32 Å². The molecule has 0 bridgehead atoms. The van der Waals surface area contributed by atoms with Gasteiger partial charge in [-0.15, -0.1) is 0 Å². The lowest BCUT2D eigenvalue weighted by atomic mass is 9.74. The summed E-state index contributed by atoms with van der Waals surface area (Å²) in [4.78, 5) is 33.2. The van der Waals surface area contributed by atoms with E-state index in [1.54, 1.807) is 19.3 Å². The lowest BCUT2D eigenvalue weighted by Gasteiger charge is -2.33. The van der Waals surface area contributed by atoms with Crippen molar-refractivity contribution in [1.82, 2.24) is 19.9 Å². The Morgan fingerprint density at radius 3 is 2.26 bits per heavy atom. The van der Waals surface area contributed by atoms with Gasteiger partial charge in [0.2, 0.25) is 0 Å². The maximum absolute atomic E-state index is 12.4. The topological polar surface area (TPSA) is 117 Å². The van der Waals surface area contributed by atoms with Gasteiger partial charge in [0.25, 0.3) is 0 Å². The Kier molecular flexibility index (Phi) is 5.77. The number of carbonyl (C=O) groups is 2. The number of rotatable bonds is 5. The molecule has 2 aromatic heterocycles. The normalized spacial score (nSPS) is 16.7. The van der Waals surface area contributed by atoms with Gasteiger partial charge in [-0.25, -0.2) is 14.6 Å². The maximum atomic E-state index is 12.4. The third-order valence-corrected chi connectivity index (χ3v) is 6.00. The third-order valence-electron chi connectivity index (χ3n) is 6.00. The van der Waals surface area contributed by atoms with Crippen molar-refractivity contribution in [3.05, 3.63) is 71.0 Å². The smallest absolute Gasteiger partial charge is 0.334 e. The van der Waals surface area contributed by atoms with Crippen molar-refractivity contribution in [2.45, 2.75) is 41.0 Å². The zero-order chi connectivity index (χ0) is 24.8. The highest BCUT2D eigenvalue weighted by molar-refractivity contribution is 6.02. The number of carboxylic acid groups (broad SMARTS) is 2. The van der Waals surface area contributed by atoms with Crippen molar-refractivity contribution < 1.29 is 19.8 Å². The quantitative estimate of drug-likeness (QED) is 0.512. The molecule has 0 fully saturated rings. The molecule has 0 saturated heterocycles. The van der Waals surface area contributed by atoms with E-state index >= 15 is 0 Å². The van der Waals surface area contributed by atoms with Crippen LogP contribution in [-0.4, -0.2) is 36.7 Å². The number of aromatic nitrogens is 3. The lowest BCUT2D eigenvalue weighted by molar-refractivity contribution is -0.134. The van der Waals surface area contributed by atoms with Crippen LogP contribution in [0.1, 0.15) is 45.5 Å². The van der Waals surface area contributed by atoms with E-state index in [9.17, 15) is 19.8 Å². The van der Waals surface area contributed by atoms with E-state index in [2.05, 4.69) is 15.3 Å². The summed E-state index contributed by atoms with van der Waals surface area (Å²) >= 11 is 0. The molecule has 176 valence electrons. The van der Waals surface area contributed by atoms with E-state index in [-0.39, 0.29) is 16.6 Å². The number of hydrogen-bond donors (Lipinski definition) is 3. The Labute approximate surface area is 197 Å². The van der Waals surface area contributed by atoms with Crippen molar-refractivity contribution in [3.8, 4) is 5.69 Å². The molecule has 4 rings (SSSR count). The fourth-order valence-electron chi connectivity index (χ4n) is 4.67. The molecule has 1 aromatic carbocycles. The molecule has 0 aliphatic carbocycles. The average Bonchev–Trinajstić information content (AvgIpc) is 3.07.